The Morgan fingerprint density at radius 1 is 1.50 bits per heavy atom. The van der Waals surface area contributed by atoms with Gasteiger partial charge in [-0.25, -0.2) is 14.1 Å². The number of aryl methyl sites for hydroxylation is 1. The number of rotatable bonds is 5. The van der Waals surface area contributed by atoms with E-state index in [9.17, 15) is 9.18 Å². The molecule has 0 saturated carbocycles. The molecular formula is C15H19FN4O2. The molecule has 1 aliphatic rings. The Bertz CT molecular complexity index is 680. The molecule has 2 aromatic heterocycles. The normalized spacial score (nSPS) is 16.1. The minimum atomic E-state index is -0.776. The van der Waals surface area contributed by atoms with E-state index < -0.39 is 6.67 Å². The van der Waals surface area contributed by atoms with Gasteiger partial charge in [-0.15, -0.1) is 0 Å². The molecule has 3 heterocycles. The number of hydrogen-bond donors (Lipinski definition) is 1. The number of carbonyl (C=O) groups excluding carboxylic acids is 1. The number of hydrogen-bond acceptors (Lipinski definition) is 5. The van der Waals surface area contributed by atoms with E-state index in [1.54, 1.807) is 10.9 Å². The highest BCUT2D eigenvalue weighted by Gasteiger charge is 2.21. The Morgan fingerprint density at radius 3 is 2.91 bits per heavy atom. The molecule has 0 aliphatic carbocycles. The first-order chi connectivity index (χ1) is 10.8. The topological polar surface area (TPSA) is 69.0 Å². The number of nitrogens with one attached hydrogen (secondary N) is 1. The summed E-state index contributed by atoms with van der Waals surface area (Å²) in [6, 6.07) is 0.204. The van der Waals surface area contributed by atoms with E-state index >= 15 is 0 Å². The second kappa shape index (κ2) is 6.39. The van der Waals surface area contributed by atoms with Crippen molar-refractivity contribution in [3.8, 4) is 0 Å². The Balaban J connectivity index is 2.11. The maximum atomic E-state index is 13.3. The smallest absolute Gasteiger partial charge is 0.160 e. The van der Waals surface area contributed by atoms with E-state index in [1.165, 1.54) is 0 Å². The first kappa shape index (κ1) is 14.9. The molecule has 1 aliphatic heterocycles. The summed E-state index contributed by atoms with van der Waals surface area (Å²) in [5.74, 6) is 0. The highest BCUT2D eigenvalue weighted by molar-refractivity contribution is 6.00. The van der Waals surface area contributed by atoms with Gasteiger partial charge in [0.1, 0.15) is 6.67 Å². The highest BCUT2D eigenvalue weighted by Crippen LogP contribution is 2.30. The van der Waals surface area contributed by atoms with Crippen molar-refractivity contribution in [2.45, 2.75) is 39.0 Å². The highest BCUT2D eigenvalue weighted by atomic mass is 19.1. The summed E-state index contributed by atoms with van der Waals surface area (Å²) < 4.78 is 20.4. The van der Waals surface area contributed by atoms with Crippen LogP contribution in [0.25, 0.3) is 11.0 Å². The zero-order chi connectivity index (χ0) is 15.5. The van der Waals surface area contributed by atoms with Gasteiger partial charge in [-0.05, 0) is 19.8 Å². The lowest BCUT2D eigenvalue weighted by molar-refractivity contribution is 0.0904. The lowest BCUT2D eigenvalue weighted by Gasteiger charge is -2.25. The number of aromatic nitrogens is 3. The largest absolute Gasteiger partial charge is 0.381 e. The minimum absolute atomic E-state index is 0.159. The molecular weight excluding hydrogens is 287 g/mol. The summed E-state index contributed by atoms with van der Waals surface area (Å²) in [4.78, 5) is 15.7. The summed E-state index contributed by atoms with van der Waals surface area (Å²) in [7, 11) is 0. The first-order valence-electron chi connectivity index (χ1n) is 7.52. The van der Waals surface area contributed by atoms with Crippen molar-refractivity contribution in [2.75, 3.05) is 18.5 Å². The Hall–Kier alpha value is -2.02. The maximum Gasteiger partial charge on any atom is 0.160 e. The molecule has 0 atom stereocenters. The van der Waals surface area contributed by atoms with Gasteiger partial charge in [0, 0.05) is 25.8 Å². The molecule has 1 fully saturated rings. The lowest BCUT2D eigenvalue weighted by atomic mass is 10.1. The number of alkyl halides is 1. The van der Waals surface area contributed by atoms with Crippen molar-refractivity contribution in [1.29, 1.82) is 0 Å². The molecule has 0 amide bonds. The summed E-state index contributed by atoms with van der Waals surface area (Å²) in [5, 5.41) is 8.41. The molecule has 7 heteroatoms. The molecule has 2 aromatic rings. The molecule has 22 heavy (non-hydrogen) atoms. The van der Waals surface area contributed by atoms with Crippen LogP contribution in [0.2, 0.25) is 0 Å². The molecule has 0 radical (unpaired) electrons. The fraction of sp³-hybridized carbons (Fsp3) is 0.533. The SMILES string of the molecule is CCn1ncc2c(NC3CCOCC3)c(C=O)c(CF)nc21. The van der Waals surface area contributed by atoms with Gasteiger partial charge in [-0.1, -0.05) is 0 Å². The fourth-order valence-electron chi connectivity index (χ4n) is 2.81. The van der Waals surface area contributed by atoms with E-state index in [0.717, 1.165) is 18.2 Å². The molecule has 0 spiro atoms. The fourth-order valence-corrected chi connectivity index (χ4v) is 2.81. The van der Waals surface area contributed by atoms with Crippen molar-refractivity contribution in [2.24, 2.45) is 0 Å². The predicted molar refractivity (Wildman–Crippen MR) is 80.9 cm³/mol. The third-order valence-electron chi connectivity index (χ3n) is 4.02. The van der Waals surface area contributed by atoms with E-state index in [2.05, 4.69) is 15.4 Å². The zero-order valence-corrected chi connectivity index (χ0v) is 12.5. The molecule has 0 bridgehead atoms. The summed E-state index contributed by atoms with van der Waals surface area (Å²) >= 11 is 0. The number of nitrogens with zero attached hydrogens (tertiary/aromatic N) is 3. The van der Waals surface area contributed by atoms with Gasteiger partial charge in [0.15, 0.2) is 11.9 Å². The summed E-state index contributed by atoms with van der Waals surface area (Å²) in [6.07, 6.45) is 4.07. The van der Waals surface area contributed by atoms with Crippen molar-refractivity contribution in [1.82, 2.24) is 14.8 Å². The quantitative estimate of drug-likeness (QED) is 0.859. The van der Waals surface area contributed by atoms with Gasteiger partial charge < -0.3 is 10.1 Å². The van der Waals surface area contributed by atoms with E-state index in [1.807, 2.05) is 6.92 Å². The molecule has 118 valence electrons. The number of pyridine rings is 1. The van der Waals surface area contributed by atoms with Gasteiger partial charge >= 0.3 is 0 Å². The monoisotopic (exact) mass is 306 g/mol. The zero-order valence-electron chi connectivity index (χ0n) is 12.5. The third kappa shape index (κ3) is 2.56. The standard InChI is InChI=1S/C15H19FN4O2/c1-2-20-15-11(8-17-20)14(12(9-21)13(7-16)19-15)18-10-3-5-22-6-4-10/h8-10H,2-7H2,1H3,(H,18,19). The second-order valence-corrected chi connectivity index (χ2v) is 5.33. The van der Waals surface area contributed by atoms with Gasteiger partial charge in [-0.2, -0.15) is 5.10 Å². The molecule has 1 N–H and O–H groups in total. The first-order valence-corrected chi connectivity index (χ1v) is 7.52. The average molecular weight is 306 g/mol. The maximum absolute atomic E-state index is 13.3. The van der Waals surface area contributed by atoms with Crippen LogP contribution >= 0.6 is 0 Å². The number of anilines is 1. The predicted octanol–water partition coefficient (Wildman–Crippen LogP) is 2.32. The lowest BCUT2D eigenvalue weighted by Crippen LogP contribution is -2.28. The van der Waals surface area contributed by atoms with Crippen LogP contribution in [0, 0.1) is 0 Å². The van der Waals surface area contributed by atoms with Gasteiger partial charge in [0.2, 0.25) is 0 Å². The van der Waals surface area contributed by atoms with Crippen molar-refractivity contribution in [3.05, 3.63) is 17.5 Å². The van der Waals surface area contributed by atoms with Crippen molar-refractivity contribution >= 4 is 23.0 Å². The summed E-state index contributed by atoms with van der Waals surface area (Å²) in [5.41, 5.74) is 1.69. The molecule has 6 nitrogen and oxygen atoms in total. The number of carbonyl (C=O) groups is 1. The van der Waals surface area contributed by atoms with Crippen LogP contribution in [0.15, 0.2) is 6.20 Å². The van der Waals surface area contributed by atoms with E-state index in [-0.39, 0.29) is 17.3 Å². The Labute approximate surface area is 127 Å². The van der Waals surface area contributed by atoms with Crippen LogP contribution in [-0.2, 0) is 18.0 Å². The van der Waals surface area contributed by atoms with Crippen LogP contribution < -0.4 is 5.32 Å². The Morgan fingerprint density at radius 2 is 2.27 bits per heavy atom. The second-order valence-electron chi connectivity index (χ2n) is 5.33. The number of fused-ring (bicyclic) bond motifs is 1. The summed E-state index contributed by atoms with van der Waals surface area (Å²) in [6.45, 7) is 3.18. The number of ether oxygens (including phenoxy) is 1. The van der Waals surface area contributed by atoms with Crippen molar-refractivity contribution < 1.29 is 13.9 Å². The molecule has 3 rings (SSSR count). The van der Waals surface area contributed by atoms with E-state index in [0.29, 0.717) is 37.4 Å². The van der Waals surface area contributed by atoms with Crippen LogP contribution in [0.3, 0.4) is 0 Å². The van der Waals surface area contributed by atoms with E-state index in [4.69, 9.17) is 4.74 Å². The number of halogens is 1. The average Bonchev–Trinajstić information content (AvgIpc) is 2.98. The molecule has 1 saturated heterocycles. The van der Waals surface area contributed by atoms with Crippen LogP contribution in [0.5, 0.6) is 0 Å². The van der Waals surface area contributed by atoms with Crippen LogP contribution in [0.1, 0.15) is 35.8 Å². The van der Waals surface area contributed by atoms with Crippen LogP contribution in [-0.4, -0.2) is 40.3 Å². The minimum Gasteiger partial charge on any atom is -0.381 e. The van der Waals surface area contributed by atoms with Crippen molar-refractivity contribution in [3.63, 3.8) is 0 Å². The number of aldehydes is 1. The third-order valence-corrected chi connectivity index (χ3v) is 4.02. The Kier molecular flexibility index (Phi) is 4.33. The van der Waals surface area contributed by atoms with Crippen LogP contribution in [0.4, 0.5) is 10.1 Å². The molecule has 0 unspecified atom stereocenters. The van der Waals surface area contributed by atoms with Gasteiger partial charge in [0.05, 0.1) is 28.5 Å². The molecule has 0 aromatic carbocycles. The van der Waals surface area contributed by atoms with Gasteiger partial charge in [0.25, 0.3) is 0 Å². The van der Waals surface area contributed by atoms with Gasteiger partial charge in [-0.3, -0.25) is 4.79 Å².